The number of hydrogen-bond acceptors (Lipinski definition) is 3. The predicted molar refractivity (Wildman–Crippen MR) is 83.3 cm³/mol. The van der Waals surface area contributed by atoms with E-state index in [2.05, 4.69) is 0 Å². The van der Waals surface area contributed by atoms with E-state index in [0.717, 1.165) is 44.3 Å². The molecular weight excluding hydrogens is 310 g/mol. The van der Waals surface area contributed by atoms with E-state index in [-0.39, 0.29) is 10.8 Å². The smallest absolute Gasteiger partial charge is 0.261 e. The van der Waals surface area contributed by atoms with E-state index in [1.165, 1.54) is 6.07 Å². The Hall–Kier alpha value is -1.07. The van der Waals surface area contributed by atoms with Crippen molar-refractivity contribution < 1.29 is 13.2 Å². The molecule has 0 bridgehead atoms. The maximum atomic E-state index is 12.7. The lowest BCUT2D eigenvalue weighted by molar-refractivity contribution is 0.0760. The Morgan fingerprint density at radius 1 is 1.05 bits per heavy atom. The van der Waals surface area contributed by atoms with Gasteiger partial charge in [0.1, 0.15) is 0 Å². The van der Waals surface area contributed by atoms with Gasteiger partial charge in [-0.2, -0.15) is 0 Å². The normalized spacial score (nSPS) is 16.6. The van der Waals surface area contributed by atoms with Gasteiger partial charge in [0.05, 0.1) is 4.90 Å². The number of hydrogen-bond donors (Lipinski definition) is 0. The minimum Gasteiger partial charge on any atom is -0.339 e. The van der Waals surface area contributed by atoms with E-state index in [1.54, 1.807) is 13.0 Å². The summed E-state index contributed by atoms with van der Waals surface area (Å²) in [5.41, 5.74) is 1.78. The number of likely N-dealkylation sites (tertiary alicyclic amines) is 1. The largest absolute Gasteiger partial charge is 0.339 e. The fourth-order valence-electron chi connectivity index (χ4n) is 2.77. The van der Waals surface area contributed by atoms with Crippen LogP contribution >= 0.6 is 10.7 Å². The van der Waals surface area contributed by atoms with Gasteiger partial charge in [0.15, 0.2) is 0 Å². The van der Waals surface area contributed by atoms with Crippen molar-refractivity contribution in [2.75, 3.05) is 13.1 Å². The summed E-state index contributed by atoms with van der Waals surface area (Å²) in [6.07, 6.45) is 4.27. The highest BCUT2D eigenvalue weighted by molar-refractivity contribution is 8.13. The summed E-state index contributed by atoms with van der Waals surface area (Å²) in [6, 6.07) is 3.13. The first-order valence-electron chi connectivity index (χ1n) is 7.16. The summed E-state index contributed by atoms with van der Waals surface area (Å²) in [7, 11) is 1.61. The van der Waals surface area contributed by atoms with Crippen molar-refractivity contribution >= 4 is 25.6 Å². The zero-order chi connectivity index (χ0) is 15.6. The van der Waals surface area contributed by atoms with E-state index in [9.17, 15) is 13.2 Å². The van der Waals surface area contributed by atoms with Crippen LogP contribution in [-0.2, 0) is 9.05 Å². The molecule has 1 heterocycles. The van der Waals surface area contributed by atoms with Crippen LogP contribution in [0.25, 0.3) is 0 Å². The van der Waals surface area contributed by atoms with Gasteiger partial charge >= 0.3 is 0 Å². The highest BCUT2D eigenvalue weighted by Crippen LogP contribution is 2.25. The van der Waals surface area contributed by atoms with Crippen LogP contribution in [0.1, 0.15) is 47.2 Å². The summed E-state index contributed by atoms with van der Waals surface area (Å²) in [5, 5.41) is 0. The lowest BCUT2D eigenvalue weighted by Crippen LogP contribution is -2.32. The Morgan fingerprint density at radius 2 is 1.62 bits per heavy atom. The van der Waals surface area contributed by atoms with Gasteiger partial charge in [-0.3, -0.25) is 4.79 Å². The highest BCUT2D eigenvalue weighted by Gasteiger charge is 2.22. The van der Waals surface area contributed by atoms with Crippen LogP contribution in [0.5, 0.6) is 0 Å². The molecule has 0 atom stereocenters. The fourth-order valence-corrected chi connectivity index (χ4v) is 3.97. The topological polar surface area (TPSA) is 54.5 Å². The fraction of sp³-hybridized carbons (Fsp3) is 0.533. The van der Waals surface area contributed by atoms with Gasteiger partial charge in [0.2, 0.25) is 0 Å². The molecule has 1 aromatic carbocycles. The molecular formula is C15H20ClNO3S. The number of nitrogens with zero attached hydrogens (tertiary/aromatic N) is 1. The molecule has 2 rings (SSSR count). The van der Waals surface area contributed by atoms with Crippen LogP contribution < -0.4 is 0 Å². The molecule has 1 amide bonds. The molecule has 21 heavy (non-hydrogen) atoms. The minimum absolute atomic E-state index is 0.0212. The second-order valence-corrected chi connectivity index (χ2v) is 8.11. The molecule has 1 aliphatic rings. The molecule has 0 radical (unpaired) electrons. The molecule has 0 aliphatic carbocycles. The molecule has 1 saturated heterocycles. The third-order valence-electron chi connectivity index (χ3n) is 3.91. The van der Waals surface area contributed by atoms with Gasteiger partial charge in [0, 0.05) is 29.3 Å². The van der Waals surface area contributed by atoms with Gasteiger partial charge in [0.25, 0.3) is 15.0 Å². The molecule has 116 valence electrons. The maximum absolute atomic E-state index is 12.7. The Bertz CT molecular complexity index is 647. The lowest BCUT2D eigenvalue weighted by Gasteiger charge is -2.22. The average molecular weight is 330 g/mol. The van der Waals surface area contributed by atoms with Crippen molar-refractivity contribution in [2.45, 2.75) is 44.4 Å². The second-order valence-electron chi connectivity index (χ2n) is 5.58. The van der Waals surface area contributed by atoms with Crippen molar-refractivity contribution in [3.05, 3.63) is 28.8 Å². The van der Waals surface area contributed by atoms with Crippen molar-refractivity contribution in [1.82, 2.24) is 4.90 Å². The third kappa shape index (κ3) is 3.77. The lowest BCUT2D eigenvalue weighted by atomic mass is 10.0. The predicted octanol–water partition coefficient (Wildman–Crippen LogP) is 3.25. The van der Waals surface area contributed by atoms with E-state index < -0.39 is 9.05 Å². The van der Waals surface area contributed by atoms with Crippen molar-refractivity contribution in [3.63, 3.8) is 0 Å². The molecule has 0 saturated carbocycles. The summed E-state index contributed by atoms with van der Waals surface area (Å²) >= 11 is 0. The second kappa shape index (κ2) is 6.36. The number of carbonyl (C=O) groups is 1. The number of aryl methyl sites for hydroxylation is 2. The zero-order valence-corrected chi connectivity index (χ0v) is 13.9. The molecule has 1 aliphatic heterocycles. The highest BCUT2D eigenvalue weighted by atomic mass is 35.7. The summed E-state index contributed by atoms with van der Waals surface area (Å²) in [5.74, 6) is -0.101. The van der Waals surface area contributed by atoms with Crippen LogP contribution in [0, 0.1) is 13.8 Å². The number of amides is 1. The van der Waals surface area contributed by atoms with Crippen LogP contribution in [0.4, 0.5) is 0 Å². The summed E-state index contributed by atoms with van der Waals surface area (Å²) < 4.78 is 23.2. The van der Waals surface area contributed by atoms with Gasteiger partial charge in [-0.15, -0.1) is 0 Å². The van der Waals surface area contributed by atoms with Gasteiger partial charge in [-0.1, -0.05) is 18.9 Å². The number of rotatable bonds is 2. The first-order valence-corrected chi connectivity index (χ1v) is 9.47. The van der Waals surface area contributed by atoms with Crippen LogP contribution in [0.2, 0.25) is 0 Å². The molecule has 1 aromatic rings. The van der Waals surface area contributed by atoms with Gasteiger partial charge in [-0.25, -0.2) is 8.42 Å². The molecule has 0 unspecified atom stereocenters. The quantitative estimate of drug-likeness (QED) is 0.783. The Balaban J connectivity index is 2.40. The molecule has 0 spiro atoms. The molecule has 4 nitrogen and oxygen atoms in total. The maximum Gasteiger partial charge on any atom is 0.261 e. The number of carbonyl (C=O) groups excluding carboxylic acids is 1. The molecule has 0 aromatic heterocycles. The van der Waals surface area contributed by atoms with E-state index in [1.807, 2.05) is 11.8 Å². The van der Waals surface area contributed by atoms with Crippen molar-refractivity contribution in [3.8, 4) is 0 Å². The molecule has 0 N–H and O–H groups in total. The standard InChI is InChI=1S/C15H20ClNO3S/c1-11-9-12(2)14(21(16,19)20)10-13(11)15(18)17-7-5-3-4-6-8-17/h9-10H,3-8H2,1-2H3. The van der Waals surface area contributed by atoms with Crippen molar-refractivity contribution in [2.24, 2.45) is 0 Å². The SMILES string of the molecule is Cc1cc(C)c(S(=O)(=O)Cl)cc1C(=O)N1CCCCCC1. The minimum atomic E-state index is -3.84. The van der Waals surface area contributed by atoms with Crippen LogP contribution in [-0.4, -0.2) is 32.3 Å². The van der Waals surface area contributed by atoms with E-state index in [0.29, 0.717) is 11.1 Å². The summed E-state index contributed by atoms with van der Waals surface area (Å²) in [4.78, 5) is 14.5. The van der Waals surface area contributed by atoms with Gasteiger partial charge in [-0.05, 0) is 43.9 Å². The number of halogens is 1. The summed E-state index contributed by atoms with van der Waals surface area (Å²) in [6.45, 7) is 4.97. The third-order valence-corrected chi connectivity index (χ3v) is 5.37. The molecule has 6 heteroatoms. The Labute approximate surface area is 130 Å². The monoisotopic (exact) mass is 329 g/mol. The Kier molecular flexibility index (Phi) is 4.94. The van der Waals surface area contributed by atoms with Crippen LogP contribution in [0.3, 0.4) is 0 Å². The van der Waals surface area contributed by atoms with Crippen LogP contribution in [0.15, 0.2) is 17.0 Å². The first kappa shape index (κ1) is 16.3. The zero-order valence-electron chi connectivity index (χ0n) is 12.4. The molecule has 1 fully saturated rings. The van der Waals surface area contributed by atoms with E-state index in [4.69, 9.17) is 10.7 Å². The van der Waals surface area contributed by atoms with Gasteiger partial charge < -0.3 is 4.90 Å². The average Bonchev–Trinajstić information content (AvgIpc) is 2.65. The number of benzene rings is 1. The van der Waals surface area contributed by atoms with Crippen molar-refractivity contribution in [1.29, 1.82) is 0 Å². The first-order chi connectivity index (χ1) is 9.80. The Morgan fingerprint density at radius 3 is 2.14 bits per heavy atom. The van der Waals surface area contributed by atoms with E-state index >= 15 is 0 Å².